The lowest BCUT2D eigenvalue weighted by molar-refractivity contribution is -0.138. The average molecular weight is 264 g/mol. The van der Waals surface area contributed by atoms with Gasteiger partial charge in [0, 0.05) is 12.1 Å². The van der Waals surface area contributed by atoms with E-state index in [1.807, 2.05) is 18.2 Å². The maximum atomic E-state index is 11.7. The van der Waals surface area contributed by atoms with E-state index in [0.29, 0.717) is 18.5 Å². The van der Waals surface area contributed by atoms with E-state index in [2.05, 4.69) is 5.32 Å². The number of rotatable bonds is 8. The molecule has 0 spiro atoms. The quantitative estimate of drug-likeness (QED) is 0.619. The first-order valence-corrected chi connectivity index (χ1v) is 6.43. The standard InChI is InChI=1S/C14H20N2O3/c15-12(14(18)19)9-5-2-6-10-16-13(17)11-7-3-1-4-8-11/h1,3-4,7-8,12H,2,5-6,9-10,15H2,(H,16,17)(H,18,19). The van der Waals surface area contributed by atoms with E-state index in [9.17, 15) is 9.59 Å². The van der Waals surface area contributed by atoms with Crippen molar-refractivity contribution in [3.05, 3.63) is 35.9 Å². The van der Waals surface area contributed by atoms with Crippen LogP contribution in [0.5, 0.6) is 0 Å². The van der Waals surface area contributed by atoms with Crippen molar-refractivity contribution in [3.63, 3.8) is 0 Å². The molecular formula is C14H20N2O3. The van der Waals surface area contributed by atoms with E-state index in [4.69, 9.17) is 10.8 Å². The predicted molar refractivity (Wildman–Crippen MR) is 72.9 cm³/mol. The predicted octanol–water partition coefficient (Wildman–Crippen LogP) is 1.39. The van der Waals surface area contributed by atoms with E-state index in [1.165, 1.54) is 0 Å². The molecule has 1 rings (SSSR count). The molecule has 5 heteroatoms. The van der Waals surface area contributed by atoms with Crippen molar-refractivity contribution in [2.24, 2.45) is 5.73 Å². The van der Waals surface area contributed by atoms with Gasteiger partial charge in [0.05, 0.1) is 0 Å². The number of aliphatic carboxylic acids is 1. The Kier molecular flexibility index (Phi) is 6.60. The monoisotopic (exact) mass is 264 g/mol. The molecule has 5 nitrogen and oxygen atoms in total. The molecule has 0 fully saturated rings. The highest BCUT2D eigenvalue weighted by atomic mass is 16.4. The molecule has 0 radical (unpaired) electrons. The number of amides is 1. The first-order valence-electron chi connectivity index (χ1n) is 6.43. The van der Waals surface area contributed by atoms with Gasteiger partial charge in [0.15, 0.2) is 0 Å². The molecule has 0 saturated carbocycles. The first kappa shape index (κ1) is 15.2. The smallest absolute Gasteiger partial charge is 0.320 e. The van der Waals surface area contributed by atoms with E-state index >= 15 is 0 Å². The molecule has 0 bridgehead atoms. The van der Waals surface area contributed by atoms with Gasteiger partial charge in [0.25, 0.3) is 5.91 Å². The Labute approximate surface area is 112 Å². The number of carbonyl (C=O) groups is 2. The zero-order valence-electron chi connectivity index (χ0n) is 10.8. The minimum atomic E-state index is -0.961. The Morgan fingerprint density at radius 3 is 2.47 bits per heavy atom. The fraction of sp³-hybridized carbons (Fsp3) is 0.429. The van der Waals surface area contributed by atoms with Crippen molar-refractivity contribution in [1.82, 2.24) is 5.32 Å². The first-order chi connectivity index (χ1) is 9.11. The van der Waals surface area contributed by atoms with Crippen LogP contribution in [0.4, 0.5) is 0 Å². The number of benzene rings is 1. The number of carboxylic acid groups (broad SMARTS) is 1. The van der Waals surface area contributed by atoms with Crippen molar-refractivity contribution < 1.29 is 14.7 Å². The van der Waals surface area contributed by atoms with Gasteiger partial charge in [-0.1, -0.05) is 31.0 Å². The molecule has 104 valence electrons. The Balaban J connectivity index is 2.08. The highest BCUT2D eigenvalue weighted by molar-refractivity contribution is 5.94. The van der Waals surface area contributed by atoms with Crippen molar-refractivity contribution in [2.75, 3.05) is 6.54 Å². The van der Waals surface area contributed by atoms with Crippen LogP contribution in [-0.4, -0.2) is 29.6 Å². The lowest BCUT2D eigenvalue weighted by Crippen LogP contribution is -2.29. The summed E-state index contributed by atoms with van der Waals surface area (Å²) in [6.07, 6.45) is 2.91. The molecular weight excluding hydrogens is 244 g/mol. The summed E-state index contributed by atoms with van der Waals surface area (Å²) in [5.74, 6) is -1.04. The molecule has 0 aliphatic rings. The topological polar surface area (TPSA) is 92.4 Å². The third kappa shape index (κ3) is 6.01. The van der Waals surface area contributed by atoms with Crippen molar-refractivity contribution in [3.8, 4) is 0 Å². The average Bonchev–Trinajstić information content (AvgIpc) is 2.42. The lowest BCUT2D eigenvalue weighted by Gasteiger charge is -2.07. The largest absolute Gasteiger partial charge is 0.480 e. The van der Waals surface area contributed by atoms with E-state index in [0.717, 1.165) is 19.3 Å². The van der Waals surface area contributed by atoms with E-state index < -0.39 is 12.0 Å². The summed E-state index contributed by atoms with van der Waals surface area (Å²) in [5.41, 5.74) is 6.03. The van der Waals surface area contributed by atoms with E-state index in [1.54, 1.807) is 12.1 Å². The second-order valence-electron chi connectivity index (χ2n) is 4.42. The SMILES string of the molecule is NC(CCCCCNC(=O)c1ccccc1)C(=O)O. The number of nitrogens with two attached hydrogens (primary N) is 1. The Bertz CT molecular complexity index is 406. The molecule has 1 aromatic rings. The molecule has 0 heterocycles. The maximum absolute atomic E-state index is 11.7. The minimum absolute atomic E-state index is 0.0807. The lowest BCUT2D eigenvalue weighted by atomic mass is 10.1. The molecule has 0 aliphatic carbocycles. The van der Waals surface area contributed by atoms with Gasteiger partial charge in [-0.2, -0.15) is 0 Å². The molecule has 1 aromatic carbocycles. The van der Waals surface area contributed by atoms with E-state index in [-0.39, 0.29) is 5.91 Å². The molecule has 0 aromatic heterocycles. The third-order valence-electron chi connectivity index (χ3n) is 2.83. The fourth-order valence-corrected chi connectivity index (χ4v) is 1.68. The van der Waals surface area contributed by atoms with Crippen molar-refractivity contribution >= 4 is 11.9 Å². The van der Waals surface area contributed by atoms with Crippen LogP contribution >= 0.6 is 0 Å². The zero-order valence-corrected chi connectivity index (χ0v) is 10.8. The summed E-state index contributed by atoms with van der Waals surface area (Å²) >= 11 is 0. The number of unbranched alkanes of at least 4 members (excludes halogenated alkanes) is 2. The van der Waals surface area contributed by atoms with Crippen LogP contribution in [0.1, 0.15) is 36.0 Å². The number of hydrogen-bond acceptors (Lipinski definition) is 3. The highest BCUT2D eigenvalue weighted by Crippen LogP contribution is 2.03. The van der Waals surface area contributed by atoms with Gasteiger partial charge in [0.2, 0.25) is 0 Å². The van der Waals surface area contributed by atoms with Crippen LogP contribution in [0.2, 0.25) is 0 Å². The maximum Gasteiger partial charge on any atom is 0.320 e. The van der Waals surface area contributed by atoms with Crippen LogP contribution in [0.15, 0.2) is 30.3 Å². The summed E-state index contributed by atoms with van der Waals surface area (Å²) in [6, 6.07) is 8.26. The molecule has 19 heavy (non-hydrogen) atoms. The minimum Gasteiger partial charge on any atom is -0.480 e. The number of nitrogens with one attached hydrogen (secondary N) is 1. The fourth-order valence-electron chi connectivity index (χ4n) is 1.68. The summed E-state index contributed by atoms with van der Waals surface area (Å²) in [6.45, 7) is 0.593. The summed E-state index contributed by atoms with van der Waals surface area (Å²) < 4.78 is 0. The van der Waals surface area contributed by atoms with Crippen LogP contribution in [0.3, 0.4) is 0 Å². The number of carboxylic acids is 1. The Morgan fingerprint density at radius 2 is 1.84 bits per heavy atom. The van der Waals surface area contributed by atoms with Gasteiger partial charge >= 0.3 is 5.97 Å². The third-order valence-corrected chi connectivity index (χ3v) is 2.83. The summed E-state index contributed by atoms with van der Waals surface area (Å²) in [4.78, 5) is 22.1. The Hall–Kier alpha value is -1.88. The van der Waals surface area contributed by atoms with Gasteiger partial charge < -0.3 is 16.2 Å². The summed E-state index contributed by atoms with van der Waals surface area (Å²) in [7, 11) is 0. The van der Waals surface area contributed by atoms with Crippen LogP contribution < -0.4 is 11.1 Å². The van der Waals surface area contributed by atoms with Gasteiger partial charge in [0.1, 0.15) is 6.04 Å². The van der Waals surface area contributed by atoms with Crippen molar-refractivity contribution in [1.29, 1.82) is 0 Å². The molecule has 4 N–H and O–H groups in total. The summed E-state index contributed by atoms with van der Waals surface area (Å²) in [5, 5.41) is 11.4. The van der Waals surface area contributed by atoms with Gasteiger partial charge in [-0.05, 0) is 25.0 Å². The van der Waals surface area contributed by atoms with Gasteiger partial charge in [-0.3, -0.25) is 9.59 Å². The van der Waals surface area contributed by atoms with Crippen LogP contribution in [-0.2, 0) is 4.79 Å². The van der Waals surface area contributed by atoms with Gasteiger partial charge in [-0.15, -0.1) is 0 Å². The number of hydrogen-bond donors (Lipinski definition) is 3. The van der Waals surface area contributed by atoms with Crippen LogP contribution in [0.25, 0.3) is 0 Å². The molecule has 1 atom stereocenters. The molecule has 1 amide bonds. The Morgan fingerprint density at radius 1 is 1.16 bits per heavy atom. The number of carbonyl (C=O) groups excluding carboxylic acids is 1. The second-order valence-corrected chi connectivity index (χ2v) is 4.42. The normalized spacial score (nSPS) is 11.8. The highest BCUT2D eigenvalue weighted by Gasteiger charge is 2.10. The van der Waals surface area contributed by atoms with Crippen LogP contribution in [0, 0.1) is 0 Å². The van der Waals surface area contributed by atoms with Crippen molar-refractivity contribution in [2.45, 2.75) is 31.7 Å². The molecule has 0 aliphatic heterocycles. The zero-order chi connectivity index (χ0) is 14.1. The second kappa shape index (κ2) is 8.26. The van der Waals surface area contributed by atoms with Gasteiger partial charge in [-0.25, -0.2) is 0 Å². The molecule has 1 unspecified atom stereocenters. The molecule has 0 saturated heterocycles.